The normalized spacial score (nSPS) is 10.4. The Morgan fingerprint density at radius 2 is 2.00 bits per heavy atom. The molecule has 2 N–H and O–H groups in total. The van der Waals surface area contributed by atoms with Crippen LogP contribution in [-0.4, -0.2) is 17.6 Å². The summed E-state index contributed by atoms with van der Waals surface area (Å²) in [4.78, 5) is 10.3. The Bertz CT molecular complexity index is 355. The van der Waals surface area contributed by atoms with E-state index in [0.717, 1.165) is 42.9 Å². The van der Waals surface area contributed by atoms with E-state index in [1.807, 2.05) is 24.3 Å². The van der Waals surface area contributed by atoms with Gasteiger partial charge in [-0.15, -0.1) is 0 Å². The standard InChI is InChI=1S/C13H18ClNO2/c14-12-7-4-3-6-11(12)10-15-9-5-1-2-8-13(16)17/h3-4,6-7,15H,1-2,5,8-10H2,(H,16,17). The quantitative estimate of drug-likeness (QED) is 0.702. The van der Waals surface area contributed by atoms with Gasteiger partial charge in [0.1, 0.15) is 0 Å². The zero-order valence-electron chi connectivity index (χ0n) is 9.79. The minimum absolute atomic E-state index is 0.268. The van der Waals surface area contributed by atoms with Crippen LogP contribution in [0.25, 0.3) is 0 Å². The van der Waals surface area contributed by atoms with E-state index in [0.29, 0.717) is 0 Å². The Morgan fingerprint density at radius 3 is 2.71 bits per heavy atom. The molecular formula is C13H18ClNO2. The van der Waals surface area contributed by atoms with Crippen LogP contribution in [0.1, 0.15) is 31.2 Å². The molecule has 3 nitrogen and oxygen atoms in total. The predicted octanol–water partition coefficient (Wildman–Crippen LogP) is 3.07. The van der Waals surface area contributed by atoms with Crippen LogP contribution >= 0.6 is 11.6 Å². The summed E-state index contributed by atoms with van der Waals surface area (Å²) in [5.41, 5.74) is 1.10. The van der Waals surface area contributed by atoms with Gasteiger partial charge in [0.25, 0.3) is 0 Å². The smallest absolute Gasteiger partial charge is 0.303 e. The van der Waals surface area contributed by atoms with Gasteiger partial charge in [-0.05, 0) is 31.0 Å². The van der Waals surface area contributed by atoms with E-state index in [2.05, 4.69) is 5.32 Å². The van der Waals surface area contributed by atoms with Gasteiger partial charge in [0.05, 0.1) is 0 Å². The van der Waals surface area contributed by atoms with Crippen molar-refractivity contribution in [3.63, 3.8) is 0 Å². The SMILES string of the molecule is O=C(O)CCCCCNCc1ccccc1Cl. The molecule has 0 fully saturated rings. The number of halogens is 1. The van der Waals surface area contributed by atoms with Crippen LogP contribution in [-0.2, 0) is 11.3 Å². The van der Waals surface area contributed by atoms with Crippen LogP contribution in [0.15, 0.2) is 24.3 Å². The van der Waals surface area contributed by atoms with Gasteiger partial charge in [-0.3, -0.25) is 4.79 Å². The molecule has 1 rings (SSSR count). The van der Waals surface area contributed by atoms with Gasteiger partial charge in [-0.25, -0.2) is 0 Å². The van der Waals surface area contributed by atoms with E-state index in [1.165, 1.54) is 0 Å². The highest BCUT2D eigenvalue weighted by Gasteiger charge is 1.98. The van der Waals surface area contributed by atoms with Gasteiger partial charge >= 0.3 is 5.97 Å². The molecule has 0 aliphatic heterocycles. The van der Waals surface area contributed by atoms with Crippen molar-refractivity contribution in [2.24, 2.45) is 0 Å². The summed E-state index contributed by atoms with van der Waals surface area (Å²) in [7, 11) is 0. The summed E-state index contributed by atoms with van der Waals surface area (Å²) in [5.74, 6) is -0.714. The van der Waals surface area contributed by atoms with Gasteiger partial charge in [0, 0.05) is 18.0 Å². The van der Waals surface area contributed by atoms with E-state index in [4.69, 9.17) is 16.7 Å². The van der Waals surface area contributed by atoms with E-state index in [-0.39, 0.29) is 6.42 Å². The van der Waals surface area contributed by atoms with Gasteiger partial charge in [-0.2, -0.15) is 0 Å². The molecule has 1 aromatic rings. The minimum atomic E-state index is -0.714. The van der Waals surface area contributed by atoms with Gasteiger partial charge in [0.15, 0.2) is 0 Å². The summed E-state index contributed by atoms with van der Waals surface area (Å²) in [6.07, 6.45) is 2.97. The van der Waals surface area contributed by atoms with Crippen LogP contribution in [0, 0.1) is 0 Å². The first-order valence-corrected chi connectivity index (χ1v) is 6.24. The number of aliphatic carboxylic acids is 1. The number of carboxylic acid groups (broad SMARTS) is 1. The Kier molecular flexibility index (Phi) is 6.67. The highest BCUT2D eigenvalue weighted by atomic mass is 35.5. The van der Waals surface area contributed by atoms with Crippen LogP contribution < -0.4 is 5.32 Å². The molecule has 0 bridgehead atoms. The van der Waals surface area contributed by atoms with Crippen molar-refractivity contribution in [3.8, 4) is 0 Å². The Morgan fingerprint density at radius 1 is 1.24 bits per heavy atom. The summed E-state index contributed by atoms with van der Waals surface area (Å²) in [5, 5.41) is 12.5. The van der Waals surface area contributed by atoms with Crippen molar-refractivity contribution in [2.45, 2.75) is 32.2 Å². The Labute approximate surface area is 107 Å². The van der Waals surface area contributed by atoms with Gasteiger partial charge in [-0.1, -0.05) is 36.2 Å². The fourth-order valence-corrected chi connectivity index (χ4v) is 1.77. The van der Waals surface area contributed by atoms with E-state index in [9.17, 15) is 4.79 Å². The molecule has 0 spiro atoms. The molecular weight excluding hydrogens is 238 g/mol. The average molecular weight is 256 g/mol. The fourth-order valence-electron chi connectivity index (χ4n) is 1.57. The van der Waals surface area contributed by atoms with E-state index in [1.54, 1.807) is 0 Å². The Balaban J connectivity index is 2.05. The number of carboxylic acids is 1. The Hall–Kier alpha value is -1.06. The van der Waals surface area contributed by atoms with Crippen LogP contribution in [0.2, 0.25) is 5.02 Å². The third kappa shape index (κ3) is 6.29. The number of nitrogens with one attached hydrogen (secondary N) is 1. The molecule has 0 heterocycles. The van der Waals surface area contributed by atoms with Crippen LogP contribution in [0.3, 0.4) is 0 Å². The molecule has 0 atom stereocenters. The van der Waals surface area contributed by atoms with E-state index < -0.39 is 5.97 Å². The third-order valence-electron chi connectivity index (χ3n) is 2.52. The molecule has 0 radical (unpaired) electrons. The number of benzene rings is 1. The van der Waals surface area contributed by atoms with Crippen molar-refractivity contribution >= 4 is 17.6 Å². The summed E-state index contributed by atoms with van der Waals surface area (Å²) >= 11 is 6.02. The lowest BCUT2D eigenvalue weighted by molar-refractivity contribution is -0.137. The highest BCUT2D eigenvalue weighted by Crippen LogP contribution is 2.14. The monoisotopic (exact) mass is 255 g/mol. The topological polar surface area (TPSA) is 49.3 Å². The first-order valence-electron chi connectivity index (χ1n) is 5.86. The number of hydrogen-bond donors (Lipinski definition) is 2. The third-order valence-corrected chi connectivity index (χ3v) is 2.89. The van der Waals surface area contributed by atoms with E-state index >= 15 is 0 Å². The zero-order chi connectivity index (χ0) is 12.5. The van der Waals surface area contributed by atoms with Crippen LogP contribution in [0.5, 0.6) is 0 Å². The lowest BCUT2D eigenvalue weighted by Crippen LogP contribution is -2.14. The molecule has 17 heavy (non-hydrogen) atoms. The maximum absolute atomic E-state index is 10.3. The number of rotatable bonds is 8. The van der Waals surface area contributed by atoms with Gasteiger partial charge < -0.3 is 10.4 Å². The molecule has 0 aliphatic rings. The summed E-state index contributed by atoms with van der Waals surface area (Å²) in [6.45, 7) is 1.66. The molecule has 4 heteroatoms. The van der Waals surface area contributed by atoms with Crippen molar-refractivity contribution in [3.05, 3.63) is 34.9 Å². The second-order valence-corrected chi connectivity index (χ2v) is 4.38. The second kappa shape index (κ2) is 8.09. The molecule has 0 saturated carbocycles. The molecule has 0 aliphatic carbocycles. The second-order valence-electron chi connectivity index (χ2n) is 3.97. The molecule has 1 aromatic carbocycles. The maximum atomic E-state index is 10.3. The highest BCUT2D eigenvalue weighted by molar-refractivity contribution is 6.31. The van der Waals surface area contributed by atoms with Crippen LogP contribution in [0.4, 0.5) is 0 Å². The number of carbonyl (C=O) groups is 1. The summed E-state index contributed by atoms with van der Waals surface area (Å²) < 4.78 is 0. The number of unbranched alkanes of at least 4 members (excludes halogenated alkanes) is 2. The first kappa shape index (κ1) is 14.0. The molecule has 0 unspecified atom stereocenters. The molecule has 0 aromatic heterocycles. The first-order chi connectivity index (χ1) is 8.20. The predicted molar refractivity (Wildman–Crippen MR) is 69.3 cm³/mol. The zero-order valence-corrected chi connectivity index (χ0v) is 10.5. The van der Waals surface area contributed by atoms with Crippen molar-refractivity contribution in [1.82, 2.24) is 5.32 Å². The molecule has 0 saturated heterocycles. The fraction of sp³-hybridized carbons (Fsp3) is 0.462. The average Bonchev–Trinajstić information content (AvgIpc) is 2.30. The molecule has 0 amide bonds. The summed E-state index contributed by atoms with van der Waals surface area (Å²) in [6, 6.07) is 7.76. The van der Waals surface area contributed by atoms with Crippen molar-refractivity contribution in [1.29, 1.82) is 0 Å². The lowest BCUT2D eigenvalue weighted by atomic mass is 10.2. The lowest BCUT2D eigenvalue weighted by Gasteiger charge is -2.06. The van der Waals surface area contributed by atoms with Crippen molar-refractivity contribution in [2.75, 3.05) is 6.54 Å². The number of hydrogen-bond acceptors (Lipinski definition) is 2. The maximum Gasteiger partial charge on any atom is 0.303 e. The van der Waals surface area contributed by atoms with Gasteiger partial charge in [0.2, 0.25) is 0 Å². The largest absolute Gasteiger partial charge is 0.481 e. The molecule has 94 valence electrons. The van der Waals surface area contributed by atoms with Crippen molar-refractivity contribution < 1.29 is 9.90 Å². The minimum Gasteiger partial charge on any atom is -0.481 e.